The normalized spacial score (nSPS) is 11.2. The average molecular weight is 1110 g/mol. The van der Waals surface area contributed by atoms with Crippen molar-refractivity contribution in [2.45, 2.75) is 6.92 Å². The third-order valence-corrected chi connectivity index (χ3v) is 13.9. The molecule has 0 saturated carbocycles. The Kier molecular flexibility index (Phi) is 13.4. The van der Waals surface area contributed by atoms with Crippen molar-refractivity contribution in [1.29, 1.82) is 0 Å². The Balaban J connectivity index is 0.0000000940. The van der Waals surface area contributed by atoms with E-state index in [2.05, 4.69) is 141 Å². The van der Waals surface area contributed by atoms with Crippen LogP contribution in [0.15, 0.2) is 161 Å². The molecule has 0 amide bonds. The first-order valence-electron chi connectivity index (χ1n) is 25.8. The number of fused-ring (bicyclic) bond motifs is 18. The number of nitrogens with one attached hydrogen (secondary N) is 1. The van der Waals surface area contributed by atoms with Crippen LogP contribution in [-0.4, -0.2) is 132 Å². The van der Waals surface area contributed by atoms with E-state index in [1.165, 1.54) is 54.3 Å². The lowest BCUT2D eigenvalue weighted by molar-refractivity contribution is 0.962. The van der Waals surface area contributed by atoms with Gasteiger partial charge in [-0.3, -0.25) is 0 Å². The van der Waals surface area contributed by atoms with E-state index < -0.39 is 0 Å². The lowest BCUT2D eigenvalue weighted by atomic mass is 10.1. The molecule has 0 spiro atoms. The fourth-order valence-electron chi connectivity index (χ4n) is 9.92. The number of benzene rings is 1. The molecule has 0 fully saturated rings. The fourth-order valence-corrected chi connectivity index (χ4v) is 9.92. The molecule has 17 aromatic heterocycles. The topological polar surface area (TPSA) is 311 Å². The van der Waals surface area contributed by atoms with Crippen LogP contribution in [0, 0.1) is 6.92 Å². The summed E-state index contributed by atoms with van der Waals surface area (Å²) < 4.78 is 9.73. The average Bonchev–Trinajstić information content (AvgIpc) is 4.38. The van der Waals surface area contributed by atoms with Gasteiger partial charge in [0.05, 0.1) is 64.0 Å². The summed E-state index contributed by atoms with van der Waals surface area (Å²) >= 11 is 0. The number of nitrogens with zero attached hydrogens (tertiary/aromatic N) is 26. The number of aryl methyl sites for hydroxylation is 6. The molecule has 84 heavy (non-hydrogen) atoms. The summed E-state index contributed by atoms with van der Waals surface area (Å²) in [6.45, 7) is 2.11. The molecule has 0 aliphatic rings. The van der Waals surface area contributed by atoms with Crippen LogP contribution >= 0.6 is 0 Å². The molecule has 27 nitrogen and oxygen atoms in total. The minimum atomic E-state index is 0.804. The third-order valence-electron chi connectivity index (χ3n) is 13.9. The Labute approximate surface area is 472 Å². The standard InChI is InChI=1S/C12H10N2.5C9H7N5/c1-8-4-5-11-10(7-8)9-3-2-6-13-12(9)14-11;1-14-6-2-10-4-12-8(6)9-7(14)3-11-5-13-9;1-14-7-3-11-4-12-8(7)6-2-10-5-13-9(6)14;1-14-8-6(10-2-4-12-8)7-9(14)13-5-3-11-7;2*1-14-6-4-10-5-13-7(6)8-9(14)12-3-2-11-8/h2-7H,1H3,(H,13,14);5*2-5H,1H3. The van der Waals surface area contributed by atoms with E-state index in [1.807, 2.05) is 70.3 Å². The molecule has 0 unspecified atom stereocenters. The molecule has 0 saturated heterocycles. The second-order valence-electron chi connectivity index (χ2n) is 18.8. The molecule has 18 aromatic rings. The molecule has 1 aromatic carbocycles. The highest BCUT2D eigenvalue weighted by atomic mass is 15.1. The summed E-state index contributed by atoms with van der Waals surface area (Å²) in [6.07, 6.45) is 35.0. The highest BCUT2D eigenvalue weighted by molar-refractivity contribution is 6.07. The molecule has 0 aliphatic carbocycles. The van der Waals surface area contributed by atoms with Gasteiger partial charge in [0.25, 0.3) is 0 Å². The fraction of sp³-hybridized carbons (Fsp3) is 0.105. The molecule has 17 heterocycles. The molecule has 27 heteroatoms. The number of aromatic nitrogens is 27. The Hall–Kier alpha value is -12.0. The zero-order valence-corrected chi connectivity index (χ0v) is 45.6. The minimum Gasteiger partial charge on any atom is -0.339 e. The lowest BCUT2D eigenvalue weighted by Crippen LogP contribution is -1.90. The van der Waals surface area contributed by atoms with E-state index in [0.29, 0.717) is 0 Å². The van der Waals surface area contributed by atoms with Gasteiger partial charge in [0, 0.05) is 113 Å². The third kappa shape index (κ3) is 9.22. The number of aromatic amines is 1. The van der Waals surface area contributed by atoms with Gasteiger partial charge in [0.15, 0.2) is 22.6 Å². The van der Waals surface area contributed by atoms with Crippen molar-refractivity contribution in [3.63, 3.8) is 0 Å². The quantitative estimate of drug-likeness (QED) is 0.153. The number of hydrogen-bond acceptors (Lipinski definition) is 21. The van der Waals surface area contributed by atoms with Gasteiger partial charge in [0.1, 0.15) is 98.9 Å². The van der Waals surface area contributed by atoms with Crippen molar-refractivity contribution in [3.8, 4) is 0 Å². The van der Waals surface area contributed by atoms with E-state index in [-0.39, 0.29) is 0 Å². The number of H-pyrrole nitrogens is 1. The second kappa shape index (κ2) is 21.9. The Bertz CT molecular complexity index is 4490. The predicted octanol–water partition coefficient (Wildman–Crippen LogP) is 7.58. The first-order chi connectivity index (χ1) is 41.2. The van der Waals surface area contributed by atoms with E-state index in [9.17, 15) is 0 Å². The van der Waals surface area contributed by atoms with Crippen LogP contribution < -0.4 is 0 Å². The number of hydrogen-bond donors (Lipinski definition) is 1. The summed E-state index contributed by atoms with van der Waals surface area (Å²) in [5.41, 5.74) is 20.0. The molecule has 0 aliphatic heterocycles. The van der Waals surface area contributed by atoms with Gasteiger partial charge in [-0.25, -0.2) is 105 Å². The molecule has 0 bridgehead atoms. The van der Waals surface area contributed by atoms with Gasteiger partial charge in [-0.15, -0.1) is 0 Å². The highest BCUT2D eigenvalue weighted by Crippen LogP contribution is 2.27. The zero-order chi connectivity index (χ0) is 57.3. The Morgan fingerprint density at radius 2 is 0.679 bits per heavy atom. The molecule has 0 radical (unpaired) electrons. The summed E-state index contributed by atoms with van der Waals surface area (Å²) in [7, 11) is 9.68. The van der Waals surface area contributed by atoms with E-state index in [4.69, 9.17) is 0 Å². The van der Waals surface area contributed by atoms with Crippen LogP contribution in [0.3, 0.4) is 0 Å². The van der Waals surface area contributed by atoms with Gasteiger partial charge < -0.3 is 27.8 Å². The van der Waals surface area contributed by atoms with Crippen LogP contribution in [-0.2, 0) is 35.2 Å². The largest absolute Gasteiger partial charge is 0.339 e. The van der Waals surface area contributed by atoms with Crippen molar-refractivity contribution in [3.05, 3.63) is 167 Å². The maximum Gasteiger partial charge on any atom is 0.162 e. The van der Waals surface area contributed by atoms with Gasteiger partial charge in [-0.05, 0) is 31.2 Å². The molecule has 0 atom stereocenters. The first-order valence-corrected chi connectivity index (χ1v) is 25.8. The molecule has 18 rings (SSSR count). The predicted molar refractivity (Wildman–Crippen MR) is 316 cm³/mol. The van der Waals surface area contributed by atoms with Crippen molar-refractivity contribution in [2.24, 2.45) is 35.2 Å². The smallest absolute Gasteiger partial charge is 0.162 e. The Morgan fingerprint density at radius 3 is 1.18 bits per heavy atom. The minimum absolute atomic E-state index is 0.804. The van der Waals surface area contributed by atoms with Crippen LogP contribution in [0.5, 0.6) is 0 Å². The second-order valence-corrected chi connectivity index (χ2v) is 18.8. The summed E-state index contributed by atoms with van der Waals surface area (Å²) in [5, 5.41) is 3.42. The lowest BCUT2D eigenvalue weighted by Gasteiger charge is -1.93. The van der Waals surface area contributed by atoms with Gasteiger partial charge in [-0.2, -0.15) is 0 Å². The van der Waals surface area contributed by atoms with Crippen LogP contribution in [0.4, 0.5) is 0 Å². The summed E-state index contributed by atoms with van der Waals surface area (Å²) in [6, 6.07) is 10.5. The Morgan fingerprint density at radius 1 is 0.298 bits per heavy atom. The molecule has 1 N–H and O–H groups in total. The van der Waals surface area contributed by atoms with Crippen molar-refractivity contribution in [1.82, 2.24) is 132 Å². The molecular weight excluding hydrogens is 1060 g/mol. The van der Waals surface area contributed by atoms with Crippen molar-refractivity contribution < 1.29 is 0 Å². The maximum absolute atomic E-state index is 4.29. The van der Waals surface area contributed by atoms with Crippen molar-refractivity contribution in [2.75, 3.05) is 0 Å². The zero-order valence-electron chi connectivity index (χ0n) is 45.6. The van der Waals surface area contributed by atoms with E-state index >= 15 is 0 Å². The van der Waals surface area contributed by atoms with E-state index in [1.54, 1.807) is 86.8 Å². The summed E-state index contributed by atoms with van der Waals surface area (Å²) in [4.78, 5) is 90.7. The van der Waals surface area contributed by atoms with Crippen molar-refractivity contribution >= 4 is 133 Å². The molecular formula is C57H45N27. The van der Waals surface area contributed by atoms with Crippen LogP contribution in [0.25, 0.3) is 133 Å². The summed E-state index contributed by atoms with van der Waals surface area (Å²) in [5.74, 6) is 0. The number of pyridine rings is 1. The van der Waals surface area contributed by atoms with Gasteiger partial charge >= 0.3 is 0 Å². The van der Waals surface area contributed by atoms with Gasteiger partial charge in [0.2, 0.25) is 0 Å². The first kappa shape index (κ1) is 51.4. The monoisotopic (exact) mass is 1110 g/mol. The maximum atomic E-state index is 4.29. The SMILES string of the molecule is Cc1ccc2[nH]c3ncccc3c2c1.Cn1c2cncnc2c2cncnc21.Cn1c2cncnc2c2nccnc21.Cn1c2cncnc2c2nccnc21.Cn1c2cncnc2c2ncncc21.Cn1c2nccnc2c2nccnc21. The molecule has 408 valence electrons. The number of rotatable bonds is 0. The van der Waals surface area contributed by atoms with Gasteiger partial charge in [-0.1, -0.05) is 11.6 Å². The highest BCUT2D eigenvalue weighted by Gasteiger charge is 2.14. The van der Waals surface area contributed by atoms with E-state index in [0.717, 1.165) is 122 Å². The van der Waals surface area contributed by atoms with Crippen LogP contribution in [0.1, 0.15) is 5.56 Å². The van der Waals surface area contributed by atoms with Crippen LogP contribution in [0.2, 0.25) is 0 Å².